The molecule has 1 atom stereocenters. The highest BCUT2D eigenvalue weighted by molar-refractivity contribution is 5.91. The average molecular weight is 215 g/mol. The van der Waals surface area contributed by atoms with Crippen molar-refractivity contribution in [2.75, 3.05) is 7.11 Å². The number of benzene rings is 1. The molecule has 0 saturated heterocycles. The van der Waals surface area contributed by atoms with Crippen molar-refractivity contribution < 1.29 is 18.3 Å². The summed E-state index contributed by atoms with van der Waals surface area (Å²) in [6.45, 7) is 0. The monoisotopic (exact) mass is 215 g/mol. The Morgan fingerprint density at radius 1 is 1.40 bits per heavy atom. The number of hydrogen-bond donors (Lipinski definition) is 1. The van der Waals surface area contributed by atoms with Gasteiger partial charge in [0.25, 0.3) is 6.43 Å². The minimum absolute atomic E-state index is 0.0767. The van der Waals surface area contributed by atoms with Crippen LogP contribution in [0.5, 0.6) is 0 Å². The second-order valence-electron chi connectivity index (χ2n) is 2.94. The van der Waals surface area contributed by atoms with E-state index in [0.29, 0.717) is 0 Å². The molecule has 0 bridgehead atoms. The molecule has 2 N–H and O–H groups in total. The highest BCUT2D eigenvalue weighted by Gasteiger charge is 2.23. The number of methoxy groups -OCH3 is 1. The summed E-state index contributed by atoms with van der Waals surface area (Å²) >= 11 is 0. The smallest absolute Gasteiger partial charge is 0.338 e. The first kappa shape index (κ1) is 11.6. The van der Waals surface area contributed by atoms with E-state index >= 15 is 0 Å². The molecule has 0 aromatic heterocycles. The molecule has 0 saturated carbocycles. The number of alkyl halides is 2. The molecule has 0 heterocycles. The minimum atomic E-state index is -2.71. The Bertz CT molecular complexity index is 355. The second kappa shape index (κ2) is 4.84. The average Bonchev–Trinajstić information content (AvgIpc) is 2.27. The van der Waals surface area contributed by atoms with Gasteiger partial charge in [0.1, 0.15) is 0 Å². The van der Waals surface area contributed by atoms with Gasteiger partial charge in [-0.2, -0.15) is 0 Å². The Hall–Kier alpha value is -1.49. The lowest BCUT2D eigenvalue weighted by atomic mass is 10.0. The number of halogens is 2. The molecule has 5 heteroatoms. The molecular weight excluding hydrogens is 204 g/mol. The van der Waals surface area contributed by atoms with E-state index in [1.54, 1.807) is 12.1 Å². The van der Waals surface area contributed by atoms with Gasteiger partial charge in [-0.1, -0.05) is 18.2 Å². The molecule has 0 aliphatic heterocycles. The summed E-state index contributed by atoms with van der Waals surface area (Å²) < 4.78 is 29.2. The van der Waals surface area contributed by atoms with E-state index in [0.717, 1.165) is 0 Å². The van der Waals surface area contributed by atoms with Gasteiger partial charge in [-0.15, -0.1) is 0 Å². The lowest BCUT2D eigenvalue weighted by molar-refractivity contribution is 0.0595. The normalized spacial score (nSPS) is 12.6. The maximum absolute atomic E-state index is 12.4. The molecule has 82 valence electrons. The zero-order chi connectivity index (χ0) is 11.4. The predicted molar refractivity (Wildman–Crippen MR) is 50.7 cm³/mol. The highest BCUT2D eigenvalue weighted by atomic mass is 19.3. The molecule has 0 aliphatic carbocycles. The molecule has 1 rings (SSSR count). The fraction of sp³-hybridized carbons (Fsp3) is 0.300. The van der Waals surface area contributed by atoms with E-state index in [-0.39, 0.29) is 11.1 Å². The van der Waals surface area contributed by atoms with Crippen LogP contribution in [0.4, 0.5) is 8.78 Å². The van der Waals surface area contributed by atoms with Crippen molar-refractivity contribution in [1.82, 2.24) is 0 Å². The number of hydrogen-bond acceptors (Lipinski definition) is 3. The molecule has 0 radical (unpaired) electrons. The van der Waals surface area contributed by atoms with Gasteiger partial charge in [0.15, 0.2) is 0 Å². The highest BCUT2D eigenvalue weighted by Crippen LogP contribution is 2.22. The molecule has 0 amide bonds. The number of nitrogens with two attached hydrogens (primary N) is 1. The Labute approximate surface area is 85.8 Å². The molecule has 0 aliphatic rings. The Balaban J connectivity index is 3.11. The van der Waals surface area contributed by atoms with E-state index in [2.05, 4.69) is 4.74 Å². The number of carbonyl (C=O) groups is 1. The standard InChI is InChI=1S/C10H11F2NO2/c1-15-10(14)7-5-3-2-4-6(7)8(13)9(11)12/h2-5,8-9H,13H2,1H3/t8-/m0/s1. The Morgan fingerprint density at radius 2 is 2.00 bits per heavy atom. The van der Waals surface area contributed by atoms with Crippen molar-refractivity contribution in [2.45, 2.75) is 12.5 Å². The summed E-state index contributed by atoms with van der Waals surface area (Å²) in [5, 5.41) is 0. The predicted octanol–water partition coefficient (Wildman–Crippen LogP) is 1.74. The van der Waals surface area contributed by atoms with Crippen LogP contribution in [0.15, 0.2) is 24.3 Å². The van der Waals surface area contributed by atoms with E-state index in [4.69, 9.17) is 5.73 Å². The Morgan fingerprint density at radius 3 is 2.53 bits per heavy atom. The van der Waals surface area contributed by atoms with Crippen molar-refractivity contribution in [3.63, 3.8) is 0 Å². The van der Waals surface area contributed by atoms with Crippen molar-refractivity contribution in [3.8, 4) is 0 Å². The summed E-state index contributed by atoms with van der Waals surface area (Å²) in [6, 6.07) is 4.44. The first-order valence-electron chi connectivity index (χ1n) is 4.29. The largest absolute Gasteiger partial charge is 0.465 e. The van der Waals surface area contributed by atoms with Gasteiger partial charge >= 0.3 is 5.97 Å². The van der Waals surface area contributed by atoms with Crippen LogP contribution in [-0.2, 0) is 4.74 Å². The molecular formula is C10H11F2NO2. The summed E-state index contributed by atoms with van der Waals surface area (Å²) in [5.41, 5.74) is 5.45. The maximum Gasteiger partial charge on any atom is 0.338 e. The van der Waals surface area contributed by atoms with Gasteiger partial charge in [0, 0.05) is 0 Å². The number of carbonyl (C=O) groups excluding carboxylic acids is 1. The van der Waals surface area contributed by atoms with Crippen LogP contribution in [0, 0.1) is 0 Å². The van der Waals surface area contributed by atoms with Crippen LogP contribution in [0.1, 0.15) is 22.0 Å². The molecule has 15 heavy (non-hydrogen) atoms. The third-order valence-electron chi connectivity index (χ3n) is 2.00. The van der Waals surface area contributed by atoms with Gasteiger partial charge < -0.3 is 10.5 Å². The minimum Gasteiger partial charge on any atom is -0.465 e. The van der Waals surface area contributed by atoms with Crippen LogP contribution in [0.3, 0.4) is 0 Å². The van der Waals surface area contributed by atoms with E-state index < -0.39 is 18.4 Å². The van der Waals surface area contributed by atoms with Crippen LogP contribution in [0.25, 0.3) is 0 Å². The number of esters is 1. The second-order valence-corrected chi connectivity index (χ2v) is 2.94. The molecule has 3 nitrogen and oxygen atoms in total. The third kappa shape index (κ3) is 2.50. The SMILES string of the molecule is COC(=O)c1ccccc1[C@H](N)C(F)F. The summed E-state index contributed by atoms with van der Waals surface area (Å²) in [7, 11) is 1.19. The lowest BCUT2D eigenvalue weighted by Crippen LogP contribution is -2.22. The van der Waals surface area contributed by atoms with E-state index in [9.17, 15) is 13.6 Å². The number of rotatable bonds is 3. The van der Waals surface area contributed by atoms with Crippen molar-refractivity contribution >= 4 is 5.97 Å². The molecule has 0 unspecified atom stereocenters. The van der Waals surface area contributed by atoms with Gasteiger partial charge in [0.05, 0.1) is 18.7 Å². The molecule has 0 fully saturated rings. The summed E-state index contributed by atoms with van der Waals surface area (Å²) in [4.78, 5) is 11.2. The first-order valence-corrected chi connectivity index (χ1v) is 4.29. The van der Waals surface area contributed by atoms with Crippen LogP contribution < -0.4 is 5.73 Å². The van der Waals surface area contributed by atoms with Crippen molar-refractivity contribution in [1.29, 1.82) is 0 Å². The molecule has 1 aromatic carbocycles. The maximum atomic E-state index is 12.4. The molecule has 1 aromatic rings. The fourth-order valence-electron chi connectivity index (χ4n) is 1.22. The van der Waals surface area contributed by atoms with Gasteiger partial charge in [-0.05, 0) is 11.6 Å². The summed E-state index contributed by atoms with van der Waals surface area (Å²) in [5.74, 6) is -0.665. The zero-order valence-corrected chi connectivity index (χ0v) is 8.11. The van der Waals surface area contributed by atoms with Crippen molar-refractivity contribution in [2.24, 2.45) is 5.73 Å². The quantitative estimate of drug-likeness (QED) is 0.781. The van der Waals surface area contributed by atoms with Crippen LogP contribution in [0.2, 0.25) is 0 Å². The summed E-state index contributed by atoms with van der Waals surface area (Å²) in [6.07, 6.45) is -2.71. The number of ether oxygens (including phenoxy) is 1. The van der Waals surface area contributed by atoms with Gasteiger partial charge in [0.2, 0.25) is 0 Å². The topological polar surface area (TPSA) is 52.3 Å². The van der Waals surface area contributed by atoms with E-state index in [1.807, 2.05) is 0 Å². The van der Waals surface area contributed by atoms with Crippen molar-refractivity contribution in [3.05, 3.63) is 35.4 Å². The van der Waals surface area contributed by atoms with E-state index in [1.165, 1.54) is 19.2 Å². The van der Waals surface area contributed by atoms with Crippen LogP contribution in [-0.4, -0.2) is 19.5 Å². The third-order valence-corrected chi connectivity index (χ3v) is 2.00. The zero-order valence-electron chi connectivity index (χ0n) is 8.11. The fourth-order valence-corrected chi connectivity index (χ4v) is 1.22. The molecule has 0 spiro atoms. The van der Waals surface area contributed by atoms with Crippen LogP contribution >= 0.6 is 0 Å². The van der Waals surface area contributed by atoms with Gasteiger partial charge in [-0.3, -0.25) is 0 Å². The van der Waals surface area contributed by atoms with Gasteiger partial charge in [-0.25, -0.2) is 13.6 Å². The Kier molecular flexibility index (Phi) is 3.74. The lowest BCUT2D eigenvalue weighted by Gasteiger charge is -2.13. The first-order chi connectivity index (χ1) is 7.07.